The summed E-state index contributed by atoms with van der Waals surface area (Å²) in [7, 11) is 0. The van der Waals surface area contributed by atoms with Crippen LogP contribution in [0, 0.1) is 11.3 Å². The number of nitrogens with one attached hydrogen (secondary N) is 1. The molecule has 0 atom stereocenters. The maximum absolute atomic E-state index is 13.2. The number of carbonyl (C=O) groups is 1. The molecule has 0 unspecified atom stereocenters. The number of benzene rings is 2. The number of nitrogens with zero attached hydrogens (tertiary/aromatic N) is 3. The van der Waals surface area contributed by atoms with Crippen LogP contribution in [0.25, 0.3) is 11.7 Å². The van der Waals surface area contributed by atoms with Gasteiger partial charge in [0.1, 0.15) is 28.6 Å². The van der Waals surface area contributed by atoms with Crippen LogP contribution in [0.4, 0.5) is 18.9 Å². The van der Waals surface area contributed by atoms with Gasteiger partial charge in [-0.15, -0.1) is 0 Å². The Kier molecular flexibility index (Phi) is 7.20. The van der Waals surface area contributed by atoms with E-state index in [1.54, 1.807) is 18.2 Å². The molecule has 2 heterocycles. The molecule has 1 amide bonds. The van der Waals surface area contributed by atoms with Crippen molar-refractivity contribution in [3.8, 4) is 17.7 Å². The Bertz CT molecular complexity index is 1660. The number of anilines is 1. The zero-order chi connectivity index (χ0) is 26.7. The summed E-state index contributed by atoms with van der Waals surface area (Å²) in [5.41, 5.74) is -2.51. The van der Waals surface area contributed by atoms with E-state index in [2.05, 4.69) is 10.3 Å². The number of carbonyl (C=O) groups excluding carboxylic acids is 1. The van der Waals surface area contributed by atoms with Crippen LogP contribution in [-0.2, 0) is 11.0 Å². The quantitative estimate of drug-likeness (QED) is 0.233. The first-order chi connectivity index (χ1) is 17.6. The van der Waals surface area contributed by atoms with Crippen LogP contribution in [0.1, 0.15) is 11.1 Å². The zero-order valence-electron chi connectivity index (χ0n) is 18.4. The first-order valence-electron chi connectivity index (χ1n) is 10.3. The number of rotatable bonds is 5. The second-order valence-electron chi connectivity index (χ2n) is 7.44. The Morgan fingerprint density at radius 3 is 2.59 bits per heavy atom. The van der Waals surface area contributed by atoms with E-state index >= 15 is 0 Å². The van der Waals surface area contributed by atoms with Gasteiger partial charge in [0.2, 0.25) is 5.88 Å². The monoisotopic (exact) mass is 544 g/mol. The minimum atomic E-state index is -4.63. The highest BCUT2D eigenvalue weighted by atomic mass is 35.5. The van der Waals surface area contributed by atoms with Gasteiger partial charge < -0.3 is 10.1 Å². The zero-order valence-corrected chi connectivity index (χ0v) is 19.9. The van der Waals surface area contributed by atoms with E-state index in [0.29, 0.717) is 5.02 Å². The number of fused-ring (bicyclic) bond motifs is 1. The average molecular weight is 545 g/mol. The summed E-state index contributed by atoms with van der Waals surface area (Å²) in [5.74, 6) is -1.21. The van der Waals surface area contributed by atoms with Gasteiger partial charge in [-0.05, 0) is 54.6 Å². The third-order valence-corrected chi connectivity index (χ3v) is 5.47. The lowest BCUT2D eigenvalue weighted by Gasteiger charge is -2.12. The van der Waals surface area contributed by atoms with Gasteiger partial charge in [0.15, 0.2) is 0 Å². The van der Waals surface area contributed by atoms with Crippen LogP contribution < -0.4 is 15.6 Å². The first-order valence-corrected chi connectivity index (χ1v) is 11.1. The SMILES string of the molecule is N#C/C(=C/c1c(Oc2ccc(Cl)cc2Cl)nc2ccccn2c1=O)C(=O)Nc1cccc(C(F)(F)F)c1. The molecule has 4 aromatic rings. The Hall–Kier alpha value is -4.33. The third kappa shape index (κ3) is 5.74. The van der Waals surface area contributed by atoms with E-state index in [1.807, 2.05) is 0 Å². The van der Waals surface area contributed by atoms with Crippen molar-refractivity contribution in [3.63, 3.8) is 0 Å². The van der Waals surface area contributed by atoms with Gasteiger partial charge in [0, 0.05) is 16.9 Å². The van der Waals surface area contributed by atoms with Crippen LogP contribution >= 0.6 is 23.2 Å². The summed E-state index contributed by atoms with van der Waals surface area (Å²) < 4.78 is 46.0. The summed E-state index contributed by atoms with van der Waals surface area (Å²) in [6.45, 7) is 0. The summed E-state index contributed by atoms with van der Waals surface area (Å²) >= 11 is 12.1. The molecule has 4 rings (SSSR count). The molecular weight excluding hydrogens is 532 g/mol. The number of hydrogen-bond acceptors (Lipinski definition) is 5. The molecule has 0 saturated heterocycles. The van der Waals surface area contributed by atoms with Gasteiger partial charge in [0.05, 0.1) is 10.6 Å². The fourth-order valence-corrected chi connectivity index (χ4v) is 3.66. The van der Waals surface area contributed by atoms with Crippen molar-refractivity contribution in [1.29, 1.82) is 5.26 Å². The van der Waals surface area contributed by atoms with Gasteiger partial charge in [-0.3, -0.25) is 14.0 Å². The molecular formula is C25H13Cl2F3N4O3. The molecule has 0 bridgehead atoms. The van der Waals surface area contributed by atoms with E-state index in [4.69, 9.17) is 27.9 Å². The molecule has 0 radical (unpaired) electrons. The van der Waals surface area contributed by atoms with Crippen LogP contribution in [0.2, 0.25) is 10.0 Å². The number of hydrogen-bond donors (Lipinski definition) is 1. The summed E-state index contributed by atoms with van der Waals surface area (Å²) in [6.07, 6.45) is -2.26. The van der Waals surface area contributed by atoms with E-state index in [-0.39, 0.29) is 33.6 Å². The number of ether oxygens (including phenoxy) is 1. The molecule has 37 heavy (non-hydrogen) atoms. The highest BCUT2D eigenvalue weighted by molar-refractivity contribution is 6.35. The van der Waals surface area contributed by atoms with Crippen molar-refractivity contribution in [3.05, 3.63) is 104 Å². The number of aromatic nitrogens is 2. The second-order valence-corrected chi connectivity index (χ2v) is 8.29. The van der Waals surface area contributed by atoms with E-state index in [0.717, 1.165) is 24.3 Å². The summed E-state index contributed by atoms with van der Waals surface area (Å²) in [5, 5.41) is 12.3. The Morgan fingerprint density at radius 2 is 1.89 bits per heavy atom. The van der Waals surface area contributed by atoms with Crippen molar-refractivity contribution < 1.29 is 22.7 Å². The minimum Gasteiger partial charge on any atom is -0.437 e. The Morgan fingerprint density at radius 1 is 1.11 bits per heavy atom. The summed E-state index contributed by atoms with van der Waals surface area (Å²) in [4.78, 5) is 30.3. The molecule has 1 N–H and O–H groups in total. The highest BCUT2D eigenvalue weighted by Gasteiger charge is 2.30. The van der Waals surface area contributed by atoms with Gasteiger partial charge in [0.25, 0.3) is 11.5 Å². The van der Waals surface area contributed by atoms with Gasteiger partial charge >= 0.3 is 6.18 Å². The third-order valence-electron chi connectivity index (χ3n) is 4.94. The van der Waals surface area contributed by atoms with E-state index in [1.165, 1.54) is 40.9 Å². The molecule has 0 spiro atoms. The van der Waals surface area contributed by atoms with Crippen LogP contribution in [0.3, 0.4) is 0 Å². The van der Waals surface area contributed by atoms with Crippen molar-refractivity contribution >= 4 is 46.5 Å². The predicted octanol–water partition coefficient (Wildman–Crippen LogP) is 6.36. The molecule has 2 aromatic carbocycles. The van der Waals surface area contributed by atoms with Crippen LogP contribution in [0.15, 0.2) is 77.2 Å². The number of halogens is 5. The van der Waals surface area contributed by atoms with Crippen molar-refractivity contribution in [2.75, 3.05) is 5.32 Å². The molecule has 2 aromatic heterocycles. The van der Waals surface area contributed by atoms with Crippen molar-refractivity contribution in [2.45, 2.75) is 6.18 Å². The molecule has 0 aliphatic carbocycles. The fourth-order valence-electron chi connectivity index (χ4n) is 3.21. The van der Waals surface area contributed by atoms with E-state index in [9.17, 15) is 28.0 Å². The molecule has 12 heteroatoms. The number of nitriles is 1. The molecule has 0 aliphatic heterocycles. The lowest BCUT2D eigenvalue weighted by atomic mass is 10.1. The molecule has 0 aliphatic rings. The van der Waals surface area contributed by atoms with Crippen LogP contribution in [0.5, 0.6) is 11.6 Å². The summed E-state index contributed by atoms with van der Waals surface area (Å²) in [6, 6.07) is 14.6. The average Bonchev–Trinajstić information content (AvgIpc) is 2.85. The minimum absolute atomic E-state index is 0.0971. The lowest BCUT2D eigenvalue weighted by molar-refractivity contribution is -0.137. The largest absolute Gasteiger partial charge is 0.437 e. The first kappa shape index (κ1) is 25.8. The smallest absolute Gasteiger partial charge is 0.416 e. The van der Waals surface area contributed by atoms with Crippen molar-refractivity contribution in [2.24, 2.45) is 0 Å². The second kappa shape index (κ2) is 10.3. The Labute approximate surface area is 217 Å². The topological polar surface area (TPSA) is 96.5 Å². The Balaban J connectivity index is 1.78. The van der Waals surface area contributed by atoms with Gasteiger partial charge in [-0.1, -0.05) is 35.3 Å². The standard InChI is InChI=1S/C25H13Cl2F3N4O3/c26-16-7-8-20(19(27)12-16)37-23-18(24(36)34-9-2-1-6-21(34)33-23)10-14(13-31)22(35)32-17-5-3-4-15(11-17)25(28,29)30/h1-12H,(H,32,35)/b14-10-. The van der Waals surface area contributed by atoms with Crippen LogP contribution in [-0.4, -0.2) is 15.3 Å². The van der Waals surface area contributed by atoms with E-state index < -0.39 is 28.8 Å². The fraction of sp³-hybridized carbons (Fsp3) is 0.0400. The maximum Gasteiger partial charge on any atom is 0.416 e. The number of alkyl halides is 3. The molecule has 7 nitrogen and oxygen atoms in total. The molecule has 0 fully saturated rings. The number of pyridine rings is 1. The lowest BCUT2D eigenvalue weighted by Crippen LogP contribution is -2.20. The predicted molar refractivity (Wildman–Crippen MR) is 132 cm³/mol. The normalized spacial score (nSPS) is 11.7. The highest BCUT2D eigenvalue weighted by Crippen LogP contribution is 2.33. The molecule has 186 valence electrons. The van der Waals surface area contributed by atoms with Gasteiger partial charge in [-0.25, -0.2) is 0 Å². The molecule has 0 saturated carbocycles. The van der Waals surface area contributed by atoms with Gasteiger partial charge in [-0.2, -0.15) is 23.4 Å². The van der Waals surface area contributed by atoms with Crippen molar-refractivity contribution in [1.82, 2.24) is 9.38 Å². The maximum atomic E-state index is 13.2. The number of amides is 1.